The molecule has 0 amide bonds. The molecule has 0 aliphatic rings. The maximum absolute atomic E-state index is 11.1. The molecular formula is C14H26O10. The first-order chi connectivity index (χ1) is 11.7. The second kappa shape index (κ2) is 17.7. The lowest BCUT2D eigenvalue weighted by Crippen LogP contribution is -2.18. The van der Waals surface area contributed by atoms with E-state index in [0.29, 0.717) is 39.6 Å². The molecule has 0 spiro atoms. The maximum atomic E-state index is 11.1. The summed E-state index contributed by atoms with van der Waals surface area (Å²) in [4.78, 5) is 30.3. The summed E-state index contributed by atoms with van der Waals surface area (Å²) < 4.78 is 29.5. The van der Waals surface area contributed by atoms with Crippen molar-refractivity contribution in [1.29, 1.82) is 0 Å². The van der Waals surface area contributed by atoms with E-state index in [4.69, 9.17) is 18.9 Å². The van der Waals surface area contributed by atoms with Crippen molar-refractivity contribution in [2.75, 3.05) is 66.1 Å². The Morgan fingerprint density at radius 3 is 1.25 bits per heavy atom. The zero-order chi connectivity index (χ0) is 17.9. The van der Waals surface area contributed by atoms with Gasteiger partial charge in [-0.2, -0.15) is 19.4 Å². The van der Waals surface area contributed by atoms with Crippen molar-refractivity contribution in [1.82, 2.24) is 0 Å². The predicted octanol–water partition coefficient (Wildman–Crippen LogP) is 1.31. The average molecular weight is 354 g/mol. The van der Waals surface area contributed by atoms with Crippen LogP contribution in [0.3, 0.4) is 0 Å². The van der Waals surface area contributed by atoms with Crippen LogP contribution in [0.15, 0.2) is 0 Å². The van der Waals surface area contributed by atoms with Crippen molar-refractivity contribution in [3.05, 3.63) is 0 Å². The van der Waals surface area contributed by atoms with Crippen LogP contribution in [0.2, 0.25) is 0 Å². The standard InChI is InChI=1S/C14H26O10/c1-3-17-5-7-19-9-11-21-13(15)23-24-14(16)22-12-10-20-8-6-18-4-2/h3-12H2,1-2H3. The molecule has 10 heteroatoms. The minimum atomic E-state index is -1.17. The van der Waals surface area contributed by atoms with Crippen molar-refractivity contribution in [2.24, 2.45) is 0 Å². The quantitative estimate of drug-likeness (QED) is 0.196. The van der Waals surface area contributed by atoms with Gasteiger partial charge in [0.25, 0.3) is 0 Å². The summed E-state index contributed by atoms with van der Waals surface area (Å²) in [5.41, 5.74) is 0. The predicted molar refractivity (Wildman–Crippen MR) is 79.5 cm³/mol. The highest BCUT2D eigenvalue weighted by atomic mass is 17.3. The van der Waals surface area contributed by atoms with Gasteiger partial charge < -0.3 is 28.4 Å². The normalized spacial score (nSPS) is 10.2. The Labute approximate surface area is 141 Å². The van der Waals surface area contributed by atoms with Gasteiger partial charge in [0.2, 0.25) is 0 Å². The van der Waals surface area contributed by atoms with E-state index < -0.39 is 12.3 Å². The molecule has 0 rings (SSSR count). The monoisotopic (exact) mass is 354 g/mol. The zero-order valence-corrected chi connectivity index (χ0v) is 14.2. The fourth-order valence-corrected chi connectivity index (χ4v) is 1.21. The molecule has 0 aromatic carbocycles. The van der Waals surface area contributed by atoms with E-state index in [2.05, 4.69) is 19.2 Å². The molecule has 0 bridgehead atoms. The van der Waals surface area contributed by atoms with Crippen LogP contribution in [0, 0.1) is 0 Å². The van der Waals surface area contributed by atoms with E-state index in [9.17, 15) is 9.59 Å². The Bertz CT molecular complexity index is 280. The SMILES string of the molecule is CCOCCOCCOC(=O)OOC(=O)OCCOCCOCC. The van der Waals surface area contributed by atoms with Gasteiger partial charge >= 0.3 is 12.3 Å². The number of hydrogen-bond acceptors (Lipinski definition) is 10. The molecule has 0 radical (unpaired) electrons. The highest BCUT2D eigenvalue weighted by Crippen LogP contribution is 1.92. The molecule has 0 aliphatic heterocycles. The van der Waals surface area contributed by atoms with Gasteiger partial charge in [0.15, 0.2) is 0 Å². The molecule has 0 unspecified atom stereocenters. The van der Waals surface area contributed by atoms with E-state index >= 15 is 0 Å². The van der Waals surface area contributed by atoms with Crippen molar-refractivity contribution >= 4 is 12.3 Å². The molecule has 0 N–H and O–H groups in total. The number of ether oxygens (including phenoxy) is 6. The van der Waals surface area contributed by atoms with Crippen LogP contribution in [0.5, 0.6) is 0 Å². The second-order valence-corrected chi connectivity index (χ2v) is 3.98. The smallest absolute Gasteiger partial charge is 0.429 e. The summed E-state index contributed by atoms with van der Waals surface area (Å²) in [5.74, 6) is 0. The fourth-order valence-electron chi connectivity index (χ4n) is 1.21. The van der Waals surface area contributed by atoms with Crippen LogP contribution in [-0.4, -0.2) is 78.4 Å². The Kier molecular flexibility index (Phi) is 16.5. The van der Waals surface area contributed by atoms with Gasteiger partial charge in [-0.15, -0.1) is 0 Å². The van der Waals surface area contributed by atoms with Crippen molar-refractivity contribution < 1.29 is 47.8 Å². The topological polar surface area (TPSA) is 108 Å². The van der Waals surface area contributed by atoms with Crippen LogP contribution in [0.4, 0.5) is 9.59 Å². The molecule has 0 heterocycles. The first-order valence-corrected chi connectivity index (χ1v) is 7.69. The minimum absolute atomic E-state index is 0.0446. The van der Waals surface area contributed by atoms with Gasteiger partial charge in [0, 0.05) is 13.2 Å². The summed E-state index contributed by atoms with van der Waals surface area (Å²) in [7, 11) is 0. The van der Waals surface area contributed by atoms with E-state index in [-0.39, 0.29) is 26.4 Å². The molecule has 0 fully saturated rings. The van der Waals surface area contributed by atoms with Crippen LogP contribution >= 0.6 is 0 Å². The Hall–Kier alpha value is -1.62. The van der Waals surface area contributed by atoms with E-state index in [1.54, 1.807) is 0 Å². The van der Waals surface area contributed by atoms with Gasteiger partial charge in [-0.1, -0.05) is 0 Å². The first-order valence-electron chi connectivity index (χ1n) is 7.69. The summed E-state index contributed by atoms with van der Waals surface area (Å²) in [6.07, 6.45) is -2.35. The van der Waals surface area contributed by atoms with Crippen LogP contribution in [0.1, 0.15) is 13.8 Å². The highest BCUT2D eigenvalue weighted by molar-refractivity contribution is 5.63. The molecule has 142 valence electrons. The zero-order valence-electron chi connectivity index (χ0n) is 14.2. The number of rotatable bonds is 14. The van der Waals surface area contributed by atoms with Crippen LogP contribution < -0.4 is 0 Å². The summed E-state index contributed by atoms with van der Waals surface area (Å²) in [6.45, 7) is 6.93. The van der Waals surface area contributed by atoms with Crippen LogP contribution in [0.25, 0.3) is 0 Å². The average Bonchev–Trinajstić information content (AvgIpc) is 2.58. The lowest BCUT2D eigenvalue weighted by Gasteiger charge is -2.07. The third-order valence-corrected chi connectivity index (χ3v) is 2.23. The Balaban J connectivity index is 3.34. The first kappa shape index (κ1) is 22.4. The molecule has 10 nitrogen and oxygen atoms in total. The fraction of sp³-hybridized carbons (Fsp3) is 0.857. The third kappa shape index (κ3) is 16.7. The minimum Gasteiger partial charge on any atom is -0.429 e. The Morgan fingerprint density at radius 2 is 0.875 bits per heavy atom. The van der Waals surface area contributed by atoms with E-state index in [0.717, 1.165) is 0 Å². The largest absolute Gasteiger partial charge is 0.550 e. The lowest BCUT2D eigenvalue weighted by molar-refractivity contribution is -0.219. The molecule has 0 aliphatic carbocycles. The molecule has 0 saturated heterocycles. The number of carbonyl (C=O) groups excluding carboxylic acids is 2. The van der Waals surface area contributed by atoms with Gasteiger partial charge in [-0.25, -0.2) is 0 Å². The van der Waals surface area contributed by atoms with Gasteiger partial charge in [0.1, 0.15) is 13.2 Å². The molecule has 0 aromatic heterocycles. The highest BCUT2D eigenvalue weighted by Gasteiger charge is 2.11. The molecule has 0 aromatic rings. The summed E-state index contributed by atoms with van der Waals surface area (Å²) >= 11 is 0. The molecule has 0 saturated carbocycles. The molecular weight excluding hydrogens is 328 g/mol. The lowest BCUT2D eigenvalue weighted by atomic mass is 10.7. The second-order valence-electron chi connectivity index (χ2n) is 3.98. The van der Waals surface area contributed by atoms with E-state index in [1.165, 1.54) is 0 Å². The summed E-state index contributed by atoms with van der Waals surface area (Å²) in [6, 6.07) is 0. The van der Waals surface area contributed by atoms with Gasteiger partial charge in [-0.3, -0.25) is 0 Å². The van der Waals surface area contributed by atoms with Crippen molar-refractivity contribution in [3.8, 4) is 0 Å². The van der Waals surface area contributed by atoms with Crippen LogP contribution in [-0.2, 0) is 38.2 Å². The van der Waals surface area contributed by atoms with E-state index in [1.807, 2.05) is 13.8 Å². The summed E-state index contributed by atoms with van der Waals surface area (Å²) in [5, 5.41) is 0. The van der Waals surface area contributed by atoms with Crippen molar-refractivity contribution in [2.45, 2.75) is 13.8 Å². The third-order valence-electron chi connectivity index (χ3n) is 2.23. The molecule has 0 atom stereocenters. The Morgan fingerprint density at radius 1 is 0.542 bits per heavy atom. The number of carbonyl (C=O) groups is 2. The van der Waals surface area contributed by atoms with Gasteiger partial charge in [0.05, 0.1) is 39.6 Å². The van der Waals surface area contributed by atoms with Crippen molar-refractivity contribution in [3.63, 3.8) is 0 Å². The molecule has 24 heavy (non-hydrogen) atoms. The van der Waals surface area contributed by atoms with Gasteiger partial charge in [-0.05, 0) is 13.8 Å². The maximum Gasteiger partial charge on any atom is 0.550 e. The number of hydrogen-bond donors (Lipinski definition) is 0.